The summed E-state index contributed by atoms with van der Waals surface area (Å²) in [5.41, 5.74) is 5.70. The van der Waals surface area contributed by atoms with Gasteiger partial charge in [0.2, 0.25) is 0 Å². The van der Waals surface area contributed by atoms with Crippen LogP contribution in [-0.2, 0) is 4.79 Å². The molecule has 7 heteroatoms. The maximum Gasteiger partial charge on any atom is 0.257 e. The number of hydrogen-bond donors (Lipinski definition) is 0. The summed E-state index contributed by atoms with van der Waals surface area (Å²) in [6.07, 6.45) is 0.612. The van der Waals surface area contributed by atoms with Crippen LogP contribution in [0.25, 0.3) is 0 Å². The van der Waals surface area contributed by atoms with Gasteiger partial charge in [-0.3, -0.25) is 9.69 Å². The maximum atomic E-state index is 14.2. The van der Waals surface area contributed by atoms with Gasteiger partial charge in [0.1, 0.15) is 5.82 Å². The lowest BCUT2D eigenvalue weighted by atomic mass is 9.94. The molecular formula is C29H30ClFN4O. The van der Waals surface area contributed by atoms with Crippen molar-refractivity contribution in [1.29, 1.82) is 0 Å². The topological polar surface area (TPSA) is 39.2 Å². The summed E-state index contributed by atoms with van der Waals surface area (Å²) in [6, 6.07) is 20.7. The van der Waals surface area contributed by atoms with Gasteiger partial charge < -0.3 is 4.90 Å². The van der Waals surface area contributed by atoms with E-state index in [9.17, 15) is 9.18 Å². The molecule has 0 spiro atoms. The number of benzene rings is 3. The highest BCUT2D eigenvalue weighted by Gasteiger charge is 2.35. The van der Waals surface area contributed by atoms with Crippen molar-refractivity contribution in [3.8, 4) is 0 Å². The predicted octanol–water partition coefficient (Wildman–Crippen LogP) is 5.60. The molecule has 3 aromatic carbocycles. The Morgan fingerprint density at radius 3 is 2.47 bits per heavy atom. The van der Waals surface area contributed by atoms with Crippen molar-refractivity contribution in [1.82, 2.24) is 9.91 Å². The van der Waals surface area contributed by atoms with Gasteiger partial charge in [-0.15, -0.1) is 0 Å². The number of halogens is 2. The minimum Gasteiger partial charge on any atom is -0.367 e. The van der Waals surface area contributed by atoms with Crippen LogP contribution in [0.4, 0.5) is 10.1 Å². The van der Waals surface area contributed by atoms with Gasteiger partial charge in [-0.25, -0.2) is 9.40 Å². The molecule has 0 aromatic heterocycles. The summed E-state index contributed by atoms with van der Waals surface area (Å²) >= 11 is 6.49. The first-order chi connectivity index (χ1) is 17.4. The Hall–Kier alpha value is -3.22. The van der Waals surface area contributed by atoms with Gasteiger partial charge in [-0.2, -0.15) is 5.10 Å². The molecule has 1 atom stereocenters. The first kappa shape index (κ1) is 24.5. The number of aryl methyl sites for hydroxylation is 2. The Morgan fingerprint density at radius 1 is 1.00 bits per heavy atom. The average molecular weight is 505 g/mol. The van der Waals surface area contributed by atoms with E-state index in [0.29, 0.717) is 43.3 Å². The van der Waals surface area contributed by atoms with Crippen LogP contribution in [-0.4, -0.2) is 54.3 Å². The maximum absolute atomic E-state index is 14.2. The second-order valence-corrected chi connectivity index (χ2v) is 9.97. The highest BCUT2D eigenvalue weighted by molar-refractivity contribution is 6.34. The number of para-hydroxylation sites is 1. The van der Waals surface area contributed by atoms with E-state index in [1.165, 1.54) is 6.07 Å². The van der Waals surface area contributed by atoms with Gasteiger partial charge in [-0.1, -0.05) is 65.7 Å². The lowest BCUT2D eigenvalue weighted by molar-refractivity contribution is -0.134. The van der Waals surface area contributed by atoms with Gasteiger partial charge in [0.25, 0.3) is 5.91 Å². The highest BCUT2D eigenvalue weighted by Crippen LogP contribution is 2.36. The van der Waals surface area contributed by atoms with Crippen LogP contribution in [0.2, 0.25) is 5.02 Å². The van der Waals surface area contributed by atoms with Crippen LogP contribution < -0.4 is 4.90 Å². The van der Waals surface area contributed by atoms with E-state index in [1.807, 2.05) is 35.2 Å². The molecule has 186 valence electrons. The molecule has 3 aromatic rings. The molecule has 2 heterocycles. The molecule has 0 radical (unpaired) electrons. The van der Waals surface area contributed by atoms with Crippen LogP contribution in [0, 0.1) is 19.7 Å². The van der Waals surface area contributed by atoms with E-state index in [0.717, 1.165) is 28.0 Å². The summed E-state index contributed by atoms with van der Waals surface area (Å²) in [5, 5.41) is 7.11. The van der Waals surface area contributed by atoms with Gasteiger partial charge in [-0.05, 0) is 43.2 Å². The lowest BCUT2D eigenvalue weighted by Gasteiger charge is -2.36. The molecule has 0 unspecified atom stereocenters. The summed E-state index contributed by atoms with van der Waals surface area (Å²) < 4.78 is 14.2. The minimum absolute atomic E-state index is 0.0395. The molecule has 2 aliphatic rings. The number of nitrogens with zero attached hydrogens (tertiary/aromatic N) is 4. The molecule has 0 bridgehead atoms. The second-order valence-electron chi connectivity index (χ2n) is 9.56. The fraction of sp³-hybridized carbons (Fsp3) is 0.310. The number of anilines is 1. The zero-order valence-electron chi connectivity index (χ0n) is 20.6. The Balaban J connectivity index is 1.35. The van der Waals surface area contributed by atoms with Crippen molar-refractivity contribution in [2.45, 2.75) is 26.3 Å². The standard InChI is InChI=1S/C29H30ClFN4O/c1-20-11-12-21(2)23(17-20)28-18-26(22-7-3-4-8-24(22)30)32-35(28)29(36)19-33-13-15-34(16-14-33)27-10-6-5-9-25(27)31/h3-12,17,28H,13-16,18-19H2,1-2H3/t28-/m0/s1. The fourth-order valence-electron chi connectivity index (χ4n) is 5.08. The molecule has 36 heavy (non-hydrogen) atoms. The summed E-state index contributed by atoms with van der Waals surface area (Å²) in [7, 11) is 0. The van der Waals surface area contributed by atoms with Crippen LogP contribution in [0.5, 0.6) is 0 Å². The summed E-state index contributed by atoms with van der Waals surface area (Å²) in [6.45, 7) is 7.12. The van der Waals surface area contributed by atoms with Crippen molar-refractivity contribution in [3.05, 3.63) is 99.8 Å². The summed E-state index contributed by atoms with van der Waals surface area (Å²) in [5.74, 6) is -0.251. The van der Waals surface area contributed by atoms with Crippen molar-refractivity contribution >= 4 is 28.9 Å². The van der Waals surface area contributed by atoms with Crippen molar-refractivity contribution in [2.75, 3.05) is 37.6 Å². The number of carbonyl (C=O) groups is 1. The Bertz CT molecular complexity index is 1300. The quantitative estimate of drug-likeness (QED) is 0.454. The van der Waals surface area contributed by atoms with Crippen molar-refractivity contribution in [2.24, 2.45) is 5.10 Å². The largest absolute Gasteiger partial charge is 0.367 e. The average Bonchev–Trinajstić information content (AvgIpc) is 3.32. The molecule has 0 N–H and O–H groups in total. The van der Waals surface area contributed by atoms with Crippen LogP contribution in [0.15, 0.2) is 71.8 Å². The number of carbonyl (C=O) groups excluding carboxylic acids is 1. The monoisotopic (exact) mass is 504 g/mol. The van der Waals surface area contributed by atoms with Gasteiger partial charge in [0.15, 0.2) is 0 Å². The highest BCUT2D eigenvalue weighted by atomic mass is 35.5. The molecule has 0 aliphatic carbocycles. The first-order valence-electron chi connectivity index (χ1n) is 12.3. The molecular weight excluding hydrogens is 475 g/mol. The predicted molar refractivity (Wildman–Crippen MR) is 143 cm³/mol. The fourth-order valence-corrected chi connectivity index (χ4v) is 5.32. The van der Waals surface area contributed by atoms with Crippen molar-refractivity contribution in [3.63, 3.8) is 0 Å². The Labute approximate surface area is 216 Å². The third-order valence-corrected chi connectivity index (χ3v) is 7.40. The molecule has 5 nitrogen and oxygen atoms in total. The lowest BCUT2D eigenvalue weighted by Crippen LogP contribution is -2.49. The molecule has 1 fully saturated rings. The van der Waals surface area contributed by atoms with Gasteiger partial charge >= 0.3 is 0 Å². The van der Waals surface area contributed by atoms with Gasteiger partial charge in [0, 0.05) is 43.2 Å². The number of rotatable bonds is 5. The molecule has 5 rings (SSSR count). The smallest absolute Gasteiger partial charge is 0.257 e. The molecule has 1 saturated heterocycles. The van der Waals surface area contributed by atoms with E-state index in [-0.39, 0.29) is 24.3 Å². The van der Waals surface area contributed by atoms with E-state index < -0.39 is 0 Å². The number of amides is 1. The SMILES string of the molecule is Cc1ccc(C)c([C@@H]2CC(c3ccccc3Cl)=NN2C(=O)CN2CCN(c3ccccc3F)CC2)c1. The van der Waals surface area contributed by atoms with E-state index in [1.54, 1.807) is 17.1 Å². The number of hydrogen-bond acceptors (Lipinski definition) is 4. The van der Waals surface area contributed by atoms with Crippen LogP contribution >= 0.6 is 11.6 Å². The van der Waals surface area contributed by atoms with E-state index in [4.69, 9.17) is 16.7 Å². The Morgan fingerprint density at radius 2 is 1.72 bits per heavy atom. The van der Waals surface area contributed by atoms with Crippen LogP contribution in [0.3, 0.4) is 0 Å². The van der Waals surface area contributed by atoms with E-state index in [2.05, 4.69) is 36.9 Å². The van der Waals surface area contributed by atoms with Crippen LogP contribution in [0.1, 0.15) is 34.7 Å². The zero-order valence-corrected chi connectivity index (χ0v) is 21.4. The zero-order chi connectivity index (χ0) is 25.2. The van der Waals surface area contributed by atoms with Gasteiger partial charge in [0.05, 0.1) is 24.0 Å². The summed E-state index contributed by atoms with van der Waals surface area (Å²) in [4.78, 5) is 17.8. The number of piperazine rings is 1. The molecule has 0 saturated carbocycles. The first-order valence-corrected chi connectivity index (χ1v) is 12.7. The van der Waals surface area contributed by atoms with Crippen molar-refractivity contribution < 1.29 is 9.18 Å². The second kappa shape index (κ2) is 10.4. The molecule has 2 aliphatic heterocycles. The third kappa shape index (κ3) is 5.01. The minimum atomic E-state index is -0.211. The third-order valence-electron chi connectivity index (χ3n) is 7.07. The normalized spacial score (nSPS) is 18.4. The van der Waals surface area contributed by atoms with E-state index >= 15 is 0 Å². The Kier molecular flexibility index (Phi) is 7.08. The number of hydrazone groups is 1. The molecule has 1 amide bonds.